The van der Waals surface area contributed by atoms with Crippen LogP contribution in [0.1, 0.15) is 21.5 Å². The molecular formula is C22H22N2O4S. The van der Waals surface area contributed by atoms with Crippen LogP contribution in [-0.2, 0) is 16.6 Å². The summed E-state index contributed by atoms with van der Waals surface area (Å²) in [4.78, 5) is 12.5. The molecule has 150 valence electrons. The van der Waals surface area contributed by atoms with Gasteiger partial charge in [0.2, 0.25) is 0 Å². The number of benzene rings is 3. The first-order valence-electron chi connectivity index (χ1n) is 8.99. The van der Waals surface area contributed by atoms with Crippen LogP contribution in [0.3, 0.4) is 0 Å². The van der Waals surface area contributed by atoms with Gasteiger partial charge in [-0.1, -0.05) is 30.3 Å². The van der Waals surface area contributed by atoms with E-state index < -0.39 is 10.0 Å². The lowest BCUT2D eigenvalue weighted by Crippen LogP contribution is -2.23. The van der Waals surface area contributed by atoms with E-state index in [0.29, 0.717) is 29.1 Å². The number of anilines is 1. The Kier molecular flexibility index (Phi) is 6.19. The molecule has 0 radical (unpaired) electrons. The monoisotopic (exact) mass is 410 g/mol. The average Bonchev–Trinajstić information content (AvgIpc) is 2.74. The van der Waals surface area contributed by atoms with Crippen molar-refractivity contribution in [1.82, 2.24) is 5.32 Å². The van der Waals surface area contributed by atoms with Gasteiger partial charge in [0.1, 0.15) is 5.75 Å². The Morgan fingerprint density at radius 3 is 2.28 bits per heavy atom. The summed E-state index contributed by atoms with van der Waals surface area (Å²) in [5, 5.41) is 2.86. The second-order valence-electron chi connectivity index (χ2n) is 6.48. The van der Waals surface area contributed by atoms with Crippen LogP contribution < -0.4 is 14.8 Å². The van der Waals surface area contributed by atoms with Crippen molar-refractivity contribution in [3.05, 3.63) is 89.5 Å². The molecule has 0 aliphatic carbocycles. The minimum absolute atomic E-state index is 0.127. The smallest absolute Gasteiger partial charge is 0.261 e. The zero-order chi connectivity index (χ0) is 20.9. The fourth-order valence-corrected chi connectivity index (χ4v) is 3.89. The second kappa shape index (κ2) is 8.79. The van der Waals surface area contributed by atoms with E-state index in [2.05, 4.69) is 10.0 Å². The Labute approximate surface area is 170 Å². The van der Waals surface area contributed by atoms with Crippen molar-refractivity contribution in [3.8, 4) is 5.75 Å². The van der Waals surface area contributed by atoms with E-state index in [0.717, 1.165) is 5.56 Å². The fourth-order valence-electron chi connectivity index (χ4n) is 2.76. The molecule has 0 spiro atoms. The average molecular weight is 410 g/mol. The number of aryl methyl sites for hydroxylation is 1. The summed E-state index contributed by atoms with van der Waals surface area (Å²) in [7, 11) is -2.23. The van der Waals surface area contributed by atoms with Crippen molar-refractivity contribution >= 4 is 21.6 Å². The Bertz CT molecular complexity index is 1100. The summed E-state index contributed by atoms with van der Waals surface area (Å²) < 4.78 is 32.8. The van der Waals surface area contributed by atoms with Crippen LogP contribution in [0.4, 0.5) is 5.69 Å². The summed E-state index contributed by atoms with van der Waals surface area (Å²) in [6, 6.07) is 20.6. The molecule has 3 rings (SSSR count). The predicted octanol–water partition coefficient (Wildman–Crippen LogP) is 3.73. The molecule has 0 aliphatic rings. The topological polar surface area (TPSA) is 84.5 Å². The number of amides is 1. The highest BCUT2D eigenvalue weighted by Crippen LogP contribution is 2.22. The lowest BCUT2D eigenvalue weighted by Gasteiger charge is -2.12. The number of carbonyl (C=O) groups excluding carboxylic acids is 1. The summed E-state index contributed by atoms with van der Waals surface area (Å²) >= 11 is 0. The number of rotatable bonds is 7. The zero-order valence-electron chi connectivity index (χ0n) is 16.2. The van der Waals surface area contributed by atoms with Crippen LogP contribution >= 0.6 is 0 Å². The molecular weight excluding hydrogens is 388 g/mol. The van der Waals surface area contributed by atoms with Crippen LogP contribution in [0, 0.1) is 6.92 Å². The van der Waals surface area contributed by atoms with Crippen LogP contribution in [-0.4, -0.2) is 21.4 Å². The maximum absolute atomic E-state index is 12.6. The van der Waals surface area contributed by atoms with Gasteiger partial charge in [-0.25, -0.2) is 8.42 Å². The van der Waals surface area contributed by atoms with E-state index in [1.165, 1.54) is 19.2 Å². The molecule has 1 amide bonds. The zero-order valence-corrected chi connectivity index (χ0v) is 17.0. The van der Waals surface area contributed by atoms with E-state index in [-0.39, 0.29) is 10.8 Å². The fraction of sp³-hybridized carbons (Fsp3) is 0.136. The molecule has 3 aromatic carbocycles. The van der Waals surface area contributed by atoms with Crippen molar-refractivity contribution < 1.29 is 17.9 Å². The Balaban J connectivity index is 1.70. The number of methoxy groups -OCH3 is 1. The van der Waals surface area contributed by atoms with E-state index in [1.807, 2.05) is 30.3 Å². The number of hydrogen-bond acceptors (Lipinski definition) is 4. The number of sulfonamides is 1. The largest absolute Gasteiger partial charge is 0.497 e. The number of carbonyl (C=O) groups is 1. The lowest BCUT2D eigenvalue weighted by atomic mass is 10.1. The van der Waals surface area contributed by atoms with Crippen LogP contribution in [0.15, 0.2) is 77.7 Å². The molecule has 3 aromatic rings. The minimum Gasteiger partial charge on any atom is -0.497 e. The lowest BCUT2D eigenvalue weighted by molar-refractivity contribution is 0.0951. The third kappa shape index (κ3) is 5.14. The van der Waals surface area contributed by atoms with Crippen molar-refractivity contribution in [1.29, 1.82) is 0 Å². The van der Waals surface area contributed by atoms with Crippen LogP contribution in [0.2, 0.25) is 0 Å². The van der Waals surface area contributed by atoms with E-state index >= 15 is 0 Å². The Morgan fingerprint density at radius 1 is 0.966 bits per heavy atom. The predicted molar refractivity (Wildman–Crippen MR) is 113 cm³/mol. The van der Waals surface area contributed by atoms with Crippen LogP contribution in [0.5, 0.6) is 5.75 Å². The van der Waals surface area contributed by atoms with E-state index in [1.54, 1.807) is 37.3 Å². The molecule has 0 aromatic heterocycles. The van der Waals surface area contributed by atoms with Gasteiger partial charge in [-0.2, -0.15) is 0 Å². The van der Waals surface area contributed by atoms with Crippen molar-refractivity contribution in [3.63, 3.8) is 0 Å². The van der Waals surface area contributed by atoms with Gasteiger partial charge in [0, 0.05) is 12.1 Å². The van der Waals surface area contributed by atoms with Gasteiger partial charge in [-0.15, -0.1) is 0 Å². The number of nitrogens with one attached hydrogen (secondary N) is 2. The molecule has 0 aliphatic heterocycles. The van der Waals surface area contributed by atoms with Crippen LogP contribution in [0.25, 0.3) is 0 Å². The van der Waals surface area contributed by atoms with Gasteiger partial charge < -0.3 is 10.1 Å². The standard InChI is InChI=1S/C22H22N2O4S/c1-16-14-18(22(25)23-15-17-6-4-3-5-7-17)8-13-21(16)24-29(26,27)20-11-9-19(28-2)10-12-20/h3-14,24H,15H2,1-2H3,(H,23,25). The Hall–Kier alpha value is -3.32. The Morgan fingerprint density at radius 2 is 1.66 bits per heavy atom. The molecule has 29 heavy (non-hydrogen) atoms. The van der Waals surface area contributed by atoms with Gasteiger partial charge in [-0.3, -0.25) is 9.52 Å². The second-order valence-corrected chi connectivity index (χ2v) is 8.16. The maximum atomic E-state index is 12.6. The summed E-state index contributed by atoms with van der Waals surface area (Å²) in [5.41, 5.74) is 2.53. The maximum Gasteiger partial charge on any atom is 0.261 e. The first-order valence-corrected chi connectivity index (χ1v) is 10.5. The molecule has 7 heteroatoms. The normalized spacial score (nSPS) is 11.0. The first-order chi connectivity index (χ1) is 13.9. The van der Waals surface area contributed by atoms with Crippen molar-refractivity contribution in [2.75, 3.05) is 11.8 Å². The number of ether oxygens (including phenoxy) is 1. The highest BCUT2D eigenvalue weighted by molar-refractivity contribution is 7.92. The summed E-state index contributed by atoms with van der Waals surface area (Å²) in [6.07, 6.45) is 0. The summed E-state index contributed by atoms with van der Waals surface area (Å²) in [6.45, 7) is 2.17. The van der Waals surface area contributed by atoms with Gasteiger partial charge >= 0.3 is 0 Å². The molecule has 6 nitrogen and oxygen atoms in total. The molecule has 0 atom stereocenters. The van der Waals surface area contributed by atoms with Gasteiger partial charge in [0.15, 0.2) is 0 Å². The first kappa shape index (κ1) is 20.4. The van der Waals surface area contributed by atoms with Crippen molar-refractivity contribution in [2.45, 2.75) is 18.4 Å². The third-order valence-electron chi connectivity index (χ3n) is 4.40. The molecule has 2 N–H and O–H groups in total. The SMILES string of the molecule is COc1ccc(S(=O)(=O)Nc2ccc(C(=O)NCc3ccccc3)cc2C)cc1. The molecule has 0 bridgehead atoms. The van der Waals surface area contributed by atoms with E-state index in [9.17, 15) is 13.2 Å². The molecule has 0 fully saturated rings. The molecule has 0 unspecified atom stereocenters. The molecule has 0 heterocycles. The quantitative estimate of drug-likeness (QED) is 0.622. The van der Waals surface area contributed by atoms with Gasteiger partial charge in [-0.05, 0) is 60.5 Å². The third-order valence-corrected chi connectivity index (χ3v) is 5.78. The van der Waals surface area contributed by atoms with Gasteiger partial charge in [0.05, 0.1) is 17.7 Å². The van der Waals surface area contributed by atoms with E-state index in [4.69, 9.17) is 4.74 Å². The number of hydrogen-bond donors (Lipinski definition) is 2. The molecule has 0 saturated heterocycles. The van der Waals surface area contributed by atoms with Crippen molar-refractivity contribution in [2.24, 2.45) is 0 Å². The minimum atomic E-state index is -3.75. The highest BCUT2D eigenvalue weighted by atomic mass is 32.2. The van der Waals surface area contributed by atoms with Gasteiger partial charge in [0.25, 0.3) is 15.9 Å². The summed E-state index contributed by atoms with van der Waals surface area (Å²) in [5.74, 6) is 0.354. The molecule has 0 saturated carbocycles. The highest BCUT2D eigenvalue weighted by Gasteiger charge is 2.16.